The summed E-state index contributed by atoms with van der Waals surface area (Å²) in [6.45, 7) is 11.1. The first-order valence-electron chi connectivity index (χ1n) is 7.90. The van der Waals surface area contributed by atoms with Crippen molar-refractivity contribution in [1.82, 2.24) is 5.32 Å². The van der Waals surface area contributed by atoms with Crippen LogP contribution in [0.4, 0.5) is 0 Å². The zero-order valence-corrected chi connectivity index (χ0v) is 14.1. The van der Waals surface area contributed by atoms with Gasteiger partial charge in [-0.25, -0.2) is 0 Å². The Morgan fingerprint density at radius 2 is 1.90 bits per heavy atom. The molecule has 1 aromatic rings. The molecule has 0 spiro atoms. The van der Waals surface area contributed by atoms with Crippen molar-refractivity contribution >= 4 is 5.91 Å². The lowest BCUT2D eigenvalue weighted by Crippen LogP contribution is -2.31. The summed E-state index contributed by atoms with van der Waals surface area (Å²) < 4.78 is 0. The summed E-state index contributed by atoms with van der Waals surface area (Å²) in [4.78, 5) is 12.2. The molecule has 0 heterocycles. The molecular weight excluding hydrogens is 260 g/mol. The predicted molar refractivity (Wildman–Crippen MR) is 89.1 cm³/mol. The molecule has 0 saturated heterocycles. The van der Waals surface area contributed by atoms with Gasteiger partial charge in [-0.1, -0.05) is 37.6 Å². The largest absolute Gasteiger partial charge is 0.350 e. The first kappa shape index (κ1) is 17.7. The Morgan fingerprint density at radius 3 is 2.48 bits per heavy atom. The Hall–Kier alpha value is -1.35. The van der Waals surface area contributed by atoms with Gasteiger partial charge in [0.05, 0.1) is 6.04 Å². The molecule has 1 unspecified atom stereocenters. The third-order valence-corrected chi connectivity index (χ3v) is 3.89. The van der Waals surface area contributed by atoms with Gasteiger partial charge >= 0.3 is 0 Å². The lowest BCUT2D eigenvalue weighted by molar-refractivity contribution is -0.122. The highest BCUT2D eigenvalue weighted by molar-refractivity contribution is 5.76. The van der Waals surface area contributed by atoms with Crippen molar-refractivity contribution in [3.63, 3.8) is 0 Å². The first-order valence-corrected chi connectivity index (χ1v) is 7.90. The van der Waals surface area contributed by atoms with E-state index in [-0.39, 0.29) is 17.9 Å². The van der Waals surface area contributed by atoms with Crippen molar-refractivity contribution in [2.45, 2.75) is 53.5 Å². The molecule has 2 atom stereocenters. The SMILES string of the molecule is Cc1ccc(C)c(C(C)NC(=O)C[C@@H](CN)CC(C)C)c1. The minimum Gasteiger partial charge on any atom is -0.350 e. The van der Waals surface area contributed by atoms with Gasteiger partial charge in [-0.05, 0) is 56.7 Å². The average Bonchev–Trinajstić information content (AvgIpc) is 2.39. The van der Waals surface area contributed by atoms with Gasteiger partial charge in [0.25, 0.3) is 0 Å². The molecule has 1 rings (SSSR count). The molecule has 3 heteroatoms. The number of hydrogen-bond donors (Lipinski definition) is 2. The van der Waals surface area contributed by atoms with Crippen LogP contribution < -0.4 is 11.1 Å². The lowest BCUT2D eigenvalue weighted by atomic mass is 9.93. The van der Waals surface area contributed by atoms with E-state index in [9.17, 15) is 4.79 Å². The van der Waals surface area contributed by atoms with Gasteiger partial charge in [0, 0.05) is 6.42 Å². The maximum absolute atomic E-state index is 12.2. The van der Waals surface area contributed by atoms with Gasteiger partial charge in [-0.3, -0.25) is 4.79 Å². The summed E-state index contributed by atoms with van der Waals surface area (Å²) in [6.07, 6.45) is 1.52. The lowest BCUT2D eigenvalue weighted by Gasteiger charge is -2.20. The quantitative estimate of drug-likeness (QED) is 0.807. The molecule has 0 bridgehead atoms. The molecule has 0 aromatic heterocycles. The van der Waals surface area contributed by atoms with Crippen LogP contribution in [-0.4, -0.2) is 12.5 Å². The molecule has 118 valence electrons. The maximum Gasteiger partial charge on any atom is 0.220 e. The molecule has 0 radical (unpaired) electrons. The molecule has 3 nitrogen and oxygen atoms in total. The maximum atomic E-state index is 12.2. The van der Waals surface area contributed by atoms with Crippen molar-refractivity contribution in [2.75, 3.05) is 6.54 Å². The molecule has 0 fully saturated rings. The van der Waals surface area contributed by atoms with Gasteiger partial charge in [0.15, 0.2) is 0 Å². The van der Waals surface area contributed by atoms with Crippen LogP contribution in [0.3, 0.4) is 0 Å². The Labute approximate surface area is 129 Å². The summed E-state index contributed by atoms with van der Waals surface area (Å²) in [5.41, 5.74) is 9.40. The van der Waals surface area contributed by atoms with E-state index in [4.69, 9.17) is 5.73 Å². The first-order chi connectivity index (χ1) is 9.83. The fourth-order valence-electron chi connectivity index (χ4n) is 2.80. The Balaban J connectivity index is 2.63. The summed E-state index contributed by atoms with van der Waals surface area (Å²) in [6, 6.07) is 6.39. The summed E-state index contributed by atoms with van der Waals surface area (Å²) in [5, 5.41) is 3.11. The topological polar surface area (TPSA) is 55.1 Å². The van der Waals surface area contributed by atoms with Crippen molar-refractivity contribution in [3.8, 4) is 0 Å². The fraction of sp³-hybridized carbons (Fsp3) is 0.611. The highest BCUT2D eigenvalue weighted by Gasteiger charge is 2.17. The van der Waals surface area contributed by atoms with Crippen LogP contribution >= 0.6 is 0 Å². The minimum absolute atomic E-state index is 0.0369. The molecule has 1 aromatic carbocycles. The summed E-state index contributed by atoms with van der Waals surface area (Å²) >= 11 is 0. The van der Waals surface area contributed by atoms with E-state index >= 15 is 0 Å². The number of hydrogen-bond acceptors (Lipinski definition) is 2. The summed E-state index contributed by atoms with van der Waals surface area (Å²) in [5.74, 6) is 0.943. The molecule has 21 heavy (non-hydrogen) atoms. The molecule has 3 N–H and O–H groups in total. The Kier molecular flexibility index (Phi) is 6.90. The number of carbonyl (C=O) groups is 1. The van der Waals surface area contributed by atoms with Crippen molar-refractivity contribution < 1.29 is 4.79 Å². The number of aryl methyl sites for hydroxylation is 2. The van der Waals surface area contributed by atoms with Crippen LogP contribution in [0, 0.1) is 25.7 Å². The van der Waals surface area contributed by atoms with Crippen molar-refractivity contribution in [3.05, 3.63) is 34.9 Å². The number of benzene rings is 1. The fourth-order valence-corrected chi connectivity index (χ4v) is 2.80. The second-order valence-electron chi connectivity index (χ2n) is 6.58. The molecule has 1 amide bonds. The molecule has 0 aliphatic rings. The highest BCUT2D eigenvalue weighted by atomic mass is 16.1. The third kappa shape index (κ3) is 5.88. The predicted octanol–water partition coefficient (Wildman–Crippen LogP) is 3.49. The number of carbonyl (C=O) groups excluding carboxylic acids is 1. The van der Waals surface area contributed by atoms with Gasteiger partial charge in [-0.15, -0.1) is 0 Å². The average molecular weight is 290 g/mol. The van der Waals surface area contributed by atoms with E-state index in [0.29, 0.717) is 18.9 Å². The van der Waals surface area contributed by atoms with Gasteiger partial charge < -0.3 is 11.1 Å². The number of nitrogens with two attached hydrogens (primary N) is 1. The van der Waals surface area contributed by atoms with Gasteiger partial charge in [-0.2, -0.15) is 0 Å². The molecule has 0 aliphatic carbocycles. The number of nitrogens with one attached hydrogen (secondary N) is 1. The van der Waals surface area contributed by atoms with E-state index in [1.54, 1.807) is 0 Å². The van der Waals surface area contributed by atoms with E-state index in [1.165, 1.54) is 16.7 Å². The van der Waals surface area contributed by atoms with Crippen LogP contribution in [0.5, 0.6) is 0 Å². The molecular formula is C18H30N2O. The summed E-state index contributed by atoms with van der Waals surface area (Å²) in [7, 11) is 0. The van der Waals surface area contributed by atoms with Gasteiger partial charge in [0.1, 0.15) is 0 Å². The second kappa shape index (κ2) is 8.18. The Bertz CT molecular complexity index is 468. The Morgan fingerprint density at radius 1 is 1.24 bits per heavy atom. The van der Waals surface area contributed by atoms with E-state index < -0.39 is 0 Å². The number of amides is 1. The van der Waals surface area contributed by atoms with Crippen LogP contribution in [0.2, 0.25) is 0 Å². The zero-order valence-electron chi connectivity index (χ0n) is 14.1. The monoisotopic (exact) mass is 290 g/mol. The van der Waals surface area contributed by atoms with E-state index in [1.807, 2.05) is 6.92 Å². The van der Waals surface area contributed by atoms with Crippen molar-refractivity contribution in [2.24, 2.45) is 17.6 Å². The highest BCUT2D eigenvalue weighted by Crippen LogP contribution is 2.20. The van der Waals surface area contributed by atoms with Crippen LogP contribution in [-0.2, 0) is 4.79 Å². The second-order valence-corrected chi connectivity index (χ2v) is 6.58. The minimum atomic E-state index is 0.0369. The van der Waals surface area contributed by atoms with Crippen LogP contribution in [0.1, 0.15) is 56.3 Å². The standard InChI is InChI=1S/C18H30N2O/c1-12(2)8-16(11-19)10-18(21)20-15(5)17-9-13(3)6-7-14(17)4/h6-7,9,12,15-16H,8,10-11,19H2,1-5H3,(H,20,21)/t15?,16-/m0/s1. The zero-order chi connectivity index (χ0) is 16.0. The van der Waals surface area contributed by atoms with E-state index in [2.05, 4.69) is 51.2 Å². The normalized spacial score (nSPS) is 14.0. The smallest absolute Gasteiger partial charge is 0.220 e. The molecule has 0 aliphatic heterocycles. The third-order valence-electron chi connectivity index (χ3n) is 3.89. The van der Waals surface area contributed by atoms with Gasteiger partial charge in [0.2, 0.25) is 5.91 Å². The van der Waals surface area contributed by atoms with Crippen molar-refractivity contribution in [1.29, 1.82) is 0 Å². The number of rotatable bonds is 7. The van der Waals surface area contributed by atoms with Crippen LogP contribution in [0.15, 0.2) is 18.2 Å². The van der Waals surface area contributed by atoms with Crippen LogP contribution in [0.25, 0.3) is 0 Å². The molecule has 0 saturated carbocycles. The van der Waals surface area contributed by atoms with E-state index in [0.717, 1.165) is 6.42 Å².